The standard InChI is InChI=1S/2C5H5.C4H5NO2.Fe/c2*1-2-4-5-3-1;6-3-1-2-4(7)5-3;/h2*1-5H;1-2H2,(H,5,6,7);/q-5;-1;;. The van der Waals surface area contributed by atoms with Gasteiger partial charge < -0.3 is 30.3 Å². The van der Waals surface area contributed by atoms with E-state index in [2.05, 4.69) is 5.32 Å². The van der Waals surface area contributed by atoms with Crippen LogP contribution in [0.4, 0.5) is 0 Å². The minimum Gasteiger partial charge on any atom is -0.748 e. The SMILES string of the molecule is O=C1CCC(=O)N1.[Fe].[cH-]1[cH-][cH-][cH-][cH-]1.c1cc[cH-]c1. The van der Waals surface area contributed by atoms with Crippen molar-refractivity contribution in [1.29, 1.82) is 0 Å². The molecule has 0 radical (unpaired) electrons. The Morgan fingerprint density at radius 1 is 0.833 bits per heavy atom. The molecule has 1 saturated heterocycles. The molecule has 0 atom stereocenters. The summed E-state index contributed by atoms with van der Waals surface area (Å²) in [6.07, 6.45) is 0.748. The van der Waals surface area contributed by atoms with Crippen LogP contribution >= 0.6 is 0 Å². The Kier molecular flexibility index (Phi) is 9.55. The molecule has 4 heteroatoms. The number of nitrogens with one attached hydrogen (secondary N) is 1. The van der Waals surface area contributed by atoms with Crippen molar-refractivity contribution in [1.82, 2.24) is 5.32 Å². The minimum absolute atomic E-state index is 0. The van der Waals surface area contributed by atoms with Gasteiger partial charge in [-0.2, -0.15) is 18.2 Å². The summed E-state index contributed by atoms with van der Waals surface area (Å²) in [7, 11) is 0. The molecule has 2 aromatic carbocycles. The molecule has 0 saturated carbocycles. The van der Waals surface area contributed by atoms with Crippen molar-refractivity contribution in [2.75, 3.05) is 0 Å². The Hall–Kier alpha value is -1.64. The summed E-state index contributed by atoms with van der Waals surface area (Å²) in [4.78, 5) is 20.2. The van der Waals surface area contributed by atoms with Crippen molar-refractivity contribution in [3.8, 4) is 0 Å². The van der Waals surface area contributed by atoms with Crippen LogP contribution in [0.3, 0.4) is 0 Å². The molecule has 3 rings (SSSR count). The van der Waals surface area contributed by atoms with Crippen LogP contribution in [-0.2, 0) is 26.7 Å². The first kappa shape index (κ1) is 16.4. The summed E-state index contributed by atoms with van der Waals surface area (Å²) >= 11 is 0. The Morgan fingerprint density at radius 3 is 1.39 bits per heavy atom. The van der Waals surface area contributed by atoms with Gasteiger partial charge in [0.05, 0.1) is 0 Å². The van der Waals surface area contributed by atoms with Crippen molar-refractivity contribution >= 4 is 11.8 Å². The van der Waals surface area contributed by atoms with E-state index in [0.717, 1.165) is 0 Å². The molecular weight excluding hydrogens is 270 g/mol. The van der Waals surface area contributed by atoms with Gasteiger partial charge in [0.1, 0.15) is 0 Å². The quantitative estimate of drug-likeness (QED) is 0.458. The Bertz CT molecular complexity index is 332. The van der Waals surface area contributed by atoms with E-state index in [9.17, 15) is 9.59 Å². The van der Waals surface area contributed by atoms with Gasteiger partial charge in [-0.1, -0.05) is 0 Å². The molecule has 0 bridgehead atoms. The third-order valence-electron chi connectivity index (χ3n) is 1.97. The van der Waals surface area contributed by atoms with Crippen LogP contribution in [0.2, 0.25) is 0 Å². The van der Waals surface area contributed by atoms with Crippen LogP contribution in [0.1, 0.15) is 12.8 Å². The molecule has 18 heavy (non-hydrogen) atoms. The van der Waals surface area contributed by atoms with E-state index in [1.165, 1.54) is 0 Å². The van der Waals surface area contributed by atoms with Crippen molar-refractivity contribution in [2.45, 2.75) is 12.8 Å². The number of amides is 2. The second-order valence-corrected chi connectivity index (χ2v) is 3.40. The molecule has 1 aliphatic heterocycles. The van der Waals surface area contributed by atoms with Gasteiger partial charge >= 0.3 is 0 Å². The van der Waals surface area contributed by atoms with Crippen LogP contribution in [0.25, 0.3) is 0 Å². The zero-order valence-corrected chi connectivity index (χ0v) is 11.0. The Labute approximate surface area is 117 Å². The fourth-order valence-electron chi connectivity index (χ4n) is 1.15. The molecular formula is C14H15FeNO2-6. The zero-order valence-electron chi connectivity index (χ0n) is 9.86. The molecule has 0 spiro atoms. The molecule has 0 unspecified atom stereocenters. The fourth-order valence-corrected chi connectivity index (χ4v) is 1.15. The van der Waals surface area contributed by atoms with Crippen molar-refractivity contribution < 1.29 is 26.7 Å². The third-order valence-corrected chi connectivity index (χ3v) is 1.97. The van der Waals surface area contributed by atoms with E-state index >= 15 is 0 Å². The molecule has 1 heterocycles. The molecule has 0 aromatic heterocycles. The van der Waals surface area contributed by atoms with Gasteiger partial charge in [-0.25, -0.2) is 12.1 Å². The maximum atomic E-state index is 10.1. The van der Waals surface area contributed by atoms with Gasteiger partial charge in [0.25, 0.3) is 0 Å². The molecule has 2 aromatic rings. The predicted octanol–water partition coefficient (Wildman–Crippen LogP) is 2.23. The average Bonchev–Trinajstić information content (AvgIpc) is 3.03. The van der Waals surface area contributed by atoms with Crippen LogP contribution in [0.5, 0.6) is 0 Å². The van der Waals surface area contributed by atoms with Gasteiger partial charge in [-0.3, -0.25) is 14.9 Å². The number of carbonyl (C=O) groups excluding carboxylic acids is 2. The maximum Gasteiger partial charge on any atom is 0.227 e. The fraction of sp³-hybridized carbons (Fsp3) is 0.143. The molecule has 2 amide bonds. The van der Waals surface area contributed by atoms with Crippen LogP contribution < -0.4 is 5.32 Å². The summed E-state index contributed by atoms with van der Waals surface area (Å²) in [5.41, 5.74) is 0. The largest absolute Gasteiger partial charge is 0.748 e. The average molecular weight is 285 g/mol. The zero-order chi connectivity index (χ0) is 12.3. The summed E-state index contributed by atoms with van der Waals surface area (Å²) in [6, 6.07) is 20.0. The number of carbonyl (C=O) groups is 2. The summed E-state index contributed by atoms with van der Waals surface area (Å²) in [5, 5.41) is 2.14. The molecule has 1 fully saturated rings. The van der Waals surface area contributed by atoms with Gasteiger partial charge in [-0.15, -0.1) is 0 Å². The van der Waals surface area contributed by atoms with Gasteiger partial charge in [0.2, 0.25) is 11.8 Å². The summed E-state index contributed by atoms with van der Waals surface area (Å²) in [5.74, 6) is -0.296. The first-order valence-corrected chi connectivity index (χ1v) is 5.45. The monoisotopic (exact) mass is 285 g/mol. The van der Waals surface area contributed by atoms with Crippen LogP contribution in [0.15, 0.2) is 60.7 Å². The van der Waals surface area contributed by atoms with Crippen LogP contribution in [0, 0.1) is 0 Å². The summed E-state index contributed by atoms with van der Waals surface area (Å²) in [6.45, 7) is 0. The third kappa shape index (κ3) is 8.50. The molecule has 3 nitrogen and oxygen atoms in total. The van der Waals surface area contributed by atoms with E-state index in [0.29, 0.717) is 12.8 Å². The number of imide groups is 1. The van der Waals surface area contributed by atoms with Crippen molar-refractivity contribution in [3.05, 3.63) is 60.7 Å². The normalized spacial score (nSPS) is 12.2. The number of hydrogen-bond donors (Lipinski definition) is 1. The molecule has 102 valence electrons. The second kappa shape index (κ2) is 10.5. The number of rotatable bonds is 0. The minimum atomic E-state index is -0.148. The first-order chi connectivity index (χ1) is 8.29. The first-order valence-electron chi connectivity index (χ1n) is 5.45. The van der Waals surface area contributed by atoms with Gasteiger partial charge in [0, 0.05) is 29.9 Å². The maximum absolute atomic E-state index is 10.1. The van der Waals surface area contributed by atoms with Crippen LogP contribution in [-0.4, -0.2) is 11.8 Å². The molecule has 1 aliphatic rings. The van der Waals surface area contributed by atoms with Crippen molar-refractivity contribution in [2.24, 2.45) is 0 Å². The Morgan fingerprint density at radius 2 is 1.22 bits per heavy atom. The summed E-state index contributed by atoms with van der Waals surface area (Å²) < 4.78 is 0. The van der Waals surface area contributed by atoms with Gasteiger partial charge in [-0.05, 0) is 0 Å². The van der Waals surface area contributed by atoms with E-state index in [4.69, 9.17) is 0 Å². The molecule has 0 aliphatic carbocycles. The van der Waals surface area contributed by atoms with Crippen molar-refractivity contribution in [3.63, 3.8) is 0 Å². The van der Waals surface area contributed by atoms with E-state index in [-0.39, 0.29) is 28.9 Å². The van der Waals surface area contributed by atoms with E-state index in [1.807, 2.05) is 60.7 Å². The van der Waals surface area contributed by atoms with Gasteiger partial charge in [0.15, 0.2) is 0 Å². The Balaban J connectivity index is 0.000000239. The van der Waals surface area contributed by atoms with E-state index in [1.54, 1.807) is 0 Å². The topological polar surface area (TPSA) is 46.2 Å². The predicted molar refractivity (Wildman–Crippen MR) is 66.5 cm³/mol. The van der Waals surface area contributed by atoms with E-state index < -0.39 is 0 Å². The second-order valence-electron chi connectivity index (χ2n) is 3.40. The smallest absolute Gasteiger partial charge is 0.227 e. The molecule has 1 N–H and O–H groups in total. The number of hydrogen-bond acceptors (Lipinski definition) is 2.